The predicted octanol–water partition coefficient (Wildman–Crippen LogP) is 2.68. The zero-order valence-electron chi connectivity index (χ0n) is 10.8. The van der Waals surface area contributed by atoms with Gasteiger partial charge in [-0.3, -0.25) is 0 Å². The van der Waals surface area contributed by atoms with Crippen molar-refractivity contribution in [2.75, 3.05) is 19.7 Å². The first-order chi connectivity index (χ1) is 9.09. The van der Waals surface area contributed by atoms with E-state index in [4.69, 9.17) is 16.3 Å². The maximum absolute atomic E-state index is 12.5. The number of piperidine rings is 1. The lowest BCUT2D eigenvalue weighted by Crippen LogP contribution is -2.40. The van der Waals surface area contributed by atoms with Crippen molar-refractivity contribution in [1.29, 1.82) is 0 Å². The summed E-state index contributed by atoms with van der Waals surface area (Å²) < 4.78 is 32.1. The van der Waals surface area contributed by atoms with Gasteiger partial charge in [-0.05, 0) is 31.2 Å². The molecule has 1 fully saturated rings. The van der Waals surface area contributed by atoms with E-state index >= 15 is 0 Å². The lowest BCUT2D eigenvalue weighted by atomic mass is 10.1. The third-order valence-corrected chi connectivity index (χ3v) is 6.71. The van der Waals surface area contributed by atoms with Gasteiger partial charge in [-0.25, -0.2) is 8.42 Å². The van der Waals surface area contributed by atoms with E-state index in [0.29, 0.717) is 29.5 Å². The maximum atomic E-state index is 12.5. The Labute approximate surface area is 123 Å². The second-order valence-corrected chi connectivity index (χ2v) is 7.57. The number of hydrogen-bond acceptors (Lipinski definition) is 4. The van der Waals surface area contributed by atoms with Crippen molar-refractivity contribution >= 4 is 33.0 Å². The van der Waals surface area contributed by atoms with Crippen molar-refractivity contribution in [1.82, 2.24) is 4.31 Å². The first-order valence-corrected chi connectivity index (χ1v) is 9.19. The summed E-state index contributed by atoms with van der Waals surface area (Å²) in [7, 11) is -3.40. The Balaban J connectivity index is 2.10. The molecule has 19 heavy (non-hydrogen) atoms. The number of halogens is 1. The molecule has 0 unspecified atom stereocenters. The summed E-state index contributed by atoms with van der Waals surface area (Å²) in [4.78, 5) is 1.08. The molecule has 0 saturated carbocycles. The molecule has 1 aromatic heterocycles. The molecule has 0 N–H and O–H groups in total. The molecular weight excluding hydrogens is 306 g/mol. The molecule has 0 aromatic carbocycles. The van der Waals surface area contributed by atoms with Crippen molar-refractivity contribution in [2.45, 2.75) is 36.6 Å². The Hall–Kier alpha value is -0.140. The van der Waals surface area contributed by atoms with Gasteiger partial charge in [0.15, 0.2) is 0 Å². The summed E-state index contributed by atoms with van der Waals surface area (Å²) >= 11 is 7.18. The molecule has 1 aromatic rings. The van der Waals surface area contributed by atoms with Gasteiger partial charge in [0.25, 0.3) is 0 Å². The van der Waals surface area contributed by atoms with E-state index < -0.39 is 10.0 Å². The van der Waals surface area contributed by atoms with Crippen LogP contribution in [0.4, 0.5) is 0 Å². The highest BCUT2D eigenvalue weighted by atomic mass is 35.5. The summed E-state index contributed by atoms with van der Waals surface area (Å²) in [5, 5.41) is 1.78. The van der Waals surface area contributed by atoms with Crippen LogP contribution in [-0.4, -0.2) is 38.5 Å². The van der Waals surface area contributed by atoms with E-state index in [-0.39, 0.29) is 12.0 Å². The van der Waals surface area contributed by atoms with Gasteiger partial charge in [0.2, 0.25) is 10.0 Å². The van der Waals surface area contributed by atoms with E-state index in [9.17, 15) is 8.42 Å². The van der Waals surface area contributed by atoms with Crippen LogP contribution in [0.3, 0.4) is 0 Å². The molecule has 0 amide bonds. The molecule has 0 atom stereocenters. The Kier molecular flexibility index (Phi) is 5.25. The first-order valence-electron chi connectivity index (χ1n) is 6.33. The minimum absolute atomic E-state index is 0.187. The fourth-order valence-electron chi connectivity index (χ4n) is 2.27. The summed E-state index contributed by atoms with van der Waals surface area (Å²) in [6.07, 6.45) is 1.70. The van der Waals surface area contributed by atoms with Gasteiger partial charge < -0.3 is 4.74 Å². The molecule has 1 aliphatic rings. The summed E-state index contributed by atoms with van der Waals surface area (Å²) in [5.74, 6) is 0.238. The van der Waals surface area contributed by atoms with E-state index in [0.717, 1.165) is 12.8 Å². The van der Waals surface area contributed by atoms with E-state index in [2.05, 4.69) is 0 Å². The quantitative estimate of drug-likeness (QED) is 0.783. The van der Waals surface area contributed by atoms with Gasteiger partial charge in [-0.2, -0.15) is 4.31 Å². The maximum Gasteiger partial charge on any atom is 0.244 e. The van der Waals surface area contributed by atoms with E-state index in [1.54, 1.807) is 15.8 Å². The number of hydrogen-bond donors (Lipinski definition) is 0. The van der Waals surface area contributed by atoms with Gasteiger partial charge >= 0.3 is 0 Å². The fraction of sp³-hybridized carbons (Fsp3) is 0.667. The van der Waals surface area contributed by atoms with Gasteiger partial charge in [0.1, 0.15) is 0 Å². The molecule has 1 aliphatic heterocycles. The molecule has 0 radical (unpaired) electrons. The highest BCUT2D eigenvalue weighted by Crippen LogP contribution is 2.28. The molecule has 2 rings (SSSR count). The van der Waals surface area contributed by atoms with Crippen molar-refractivity contribution in [3.05, 3.63) is 16.3 Å². The highest BCUT2D eigenvalue weighted by Gasteiger charge is 2.31. The summed E-state index contributed by atoms with van der Waals surface area (Å²) in [6.45, 7) is 3.68. The zero-order chi connectivity index (χ0) is 13.9. The number of sulfonamides is 1. The van der Waals surface area contributed by atoms with Crippen LogP contribution in [0.25, 0.3) is 0 Å². The first kappa shape index (κ1) is 15.3. The van der Waals surface area contributed by atoms with Crippen LogP contribution >= 0.6 is 22.9 Å². The van der Waals surface area contributed by atoms with Crippen LogP contribution in [0.15, 0.2) is 16.3 Å². The topological polar surface area (TPSA) is 46.6 Å². The Morgan fingerprint density at radius 3 is 2.74 bits per heavy atom. The Morgan fingerprint density at radius 1 is 1.47 bits per heavy atom. The third-order valence-electron chi connectivity index (χ3n) is 3.25. The molecular formula is C12H18ClNO3S2. The third kappa shape index (κ3) is 3.31. The SMILES string of the molecule is CCOC1CCN(S(=O)(=O)c2ccsc2CCl)CC1. The number of nitrogens with zero attached hydrogens (tertiary/aromatic N) is 1. The van der Waals surface area contributed by atoms with Crippen molar-refractivity contribution in [3.8, 4) is 0 Å². The van der Waals surface area contributed by atoms with Crippen molar-refractivity contribution < 1.29 is 13.2 Å². The summed E-state index contributed by atoms with van der Waals surface area (Å²) in [6, 6.07) is 1.65. The molecule has 0 aliphatic carbocycles. The molecule has 2 heterocycles. The normalized spacial score (nSPS) is 18.8. The average Bonchev–Trinajstić information content (AvgIpc) is 2.89. The number of rotatable bonds is 5. The van der Waals surface area contributed by atoms with Gasteiger partial charge in [-0.15, -0.1) is 22.9 Å². The summed E-state index contributed by atoms with van der Waals surface area (Å²) in [5.41, 5.74) is 0. The predicted molar refractivity (Wildman–Crippen MR) is 77.3 cm³/mol. The standard InChI is InChI=1S/C12H18ClNO3S2/c1-2-17-10-3-6-14(7-4-10)19(15,16)12-5-8-18-11(12)9-13/h5,8,10H,2-4,6-7,9H2,1H3. The van der Waals surface area contributed by atoms with Gasteiger partial charge in [-0.1, -0.05) is 0 Å². The van der Waals surface area contributed by atoms with Crippen LogP contribution in [0.2, 0.25) is 0 Å². The number of alkyl halides is 1. The monoisotopic (exact) mass is 323 g/mol. The Morgan fingerprint density at radius 2 is 2.16 bits per heavy atom. The lowest BCUT2D eigenvalue weighted by molar-refractivity contribution is 0.0290. The fourth-order valence-corrected chi connectivity index (χ4v) is 5.41. The average molecular weight is 324 g/mol. The molecule has 7 heteroatoms. The van der Waals surface area contributed by atoms with E-state index in [1.165, 1.54) is 11.3 Å². The van der Waals surface area contributed by atoms with Gasteiger partial charge in [0, 0.05) is 24.6 Å². The lowest BCUT2D eigenvalue weighted by Gasteiger charge is -2.30. The van der Waals surface area contributed by atoms with E-state index in [1.807, 2.05) is 6.92 Å². The van der Waals surface area contributed by atoms with Crippen molar-refractivity contribution in [2.24, 2.45) is 0 Å². The molecule has 0 spiro atoms. The van der Waals surface area contributed by atoms with Crippen LogP contribution in [0.1, 0.15) is 24.6 Å². The second kappa shape index (κ2) is 6.54. The van der Waals surface area contributed by atoms with Crippen molar-refractivity contribution in [3.63, 3.8) is 0 Å². The molecule has 108 valence electrons. The van der Waals surface area contributed by atoms with Crippen LogP contribution in [0.5, 0.6) is 0 Å². The minimum atomic E-state index is -3.40. The zero-order valence-corrected chi connectivity index (χ0v) is 13.2. The van der Waals surface area contributed by atoms with Crippen LogP contribution in [0, 0.1) is 0 Å². The van der Waals surface area contributed by atoms with Gasteiger partial charge in [0.05, 0.1) is 16.9 Å². The molecule has 4 nitrogen and oxygen atoms in total. The smallest absolute Gasteiger partial charge is 0.244 e. The van der Waals surface area contributed by atoms with Crippen LogP contribution in [-0.2, 0) is 20.6 Å². The molecule has 0 bridgehead atoms. The second-order valence-electron chi connectivity index (χ2n) is 4.40. The number of thiophene rings is 1. The molecule has 1 saturated heterocycles. The van der Waals surface area contributed by atoms with Crippen LogP contribution < -0.4 is 0 Å². The largest absolute Gasteiger partial charge is 0.378 e. The highest BCUT2D eigenvalue weighted by molar-refractivity contribution is 7.89. The Bertz CT molecular complexity index is 507. The number of ether oxygens (including phenoxy) is 1. The minimum Gasteiger partial charge on any atom is -0.378 e.